The van der Waals surface area contributed by atoms with Gasteiger partial charge >= 0.3 is 0 Å². The Labute approximate surface area is 53.7 Å². The lowest BCUT2D eigenvalue weighted by Gasteiger charge is -2.25. The van der Waals surface area contributed by atoms with Crippen molar-refractivity contribution in [2.45, 2.75) is 32.8 Å². The Morgan fingerprint density at radius 2 is 1.67 bits per heavy atom. The number of alkyl halides is 2. The van der Waals surface area contributed by atoms with Crippen LogP contribution in [0.4, 0.5) is 8.78 Å². The molecular formula is C6H12F2O. The van der Waals surface area contributed by atoms with Crippen LogP contribution in [-0.4, -0.2) is 17.1 Å². The van der Waals surface area contributed by atoms with Gasteiger partial charge in [-0.05, 0) is 12.8 Å². The second-order valence-electron chi connectivity index (χ2n) is 2.68. The van der Waals surface area contributed by atoms with Crippen molar-refractivity contribution < 1.29 is 13.9 Å². The van der Waals surface area contributed by atoms with E-state index in [1.165, 1.54) is 0 Å². The summed E-state index contributed by atoms with van der Waals surface area (Å²) in [5, 5.41) is 8.92. The first-order chi connectivity index (χ1) is 3.89. The molecule has 0 aliphatic carbocycles. The molecule has 0 aliphatic heterocycles. The van der Waals surface area contributed by atoms with Crippen molar-refractivity contribution in [1.82, 2.24) is 0 Å². The first-order valence-corrected chi connectivity index (χ1v) is 2.89. The smallest absolute Gasteiger partial charge is 0.266 e. The van der Waals surface area contributed by atoms with E-state index in [4.69, 9.17) is 5.11 Å². The van der Waals surface area contributed by atoms with Gasteiger partial charge in [0.25, 0.3) is 6.43 Å². The Hall–Kier alpha value is -0.180. The summed E-state index contributed by atoms with van der Waals surface area (Å²) in [7, 11) is 0. The van der Waals surface area contributed by atoms with Crippen LogP contribution in [0.5, 0.6) is 0 Å². The minimum Gasteiger partial charge on any atom is -0.384 e. The molecule has 1 atom stereocenters. The quantitative estimate of drug-likeness (QED) is 0.615. The highest BCUT2D eigenvalue weighted by Gasteiger charge is 2.35. The molecule has 0 aromatic rings. The molecule has 56 valence electrons. The van der Waals surface area contributed by atoms with E-state index in [9.17, 15) is 8.78 Å². The van der Waals surface area contributed by atoms with Crippen molar-refractivity contribution in [2.24, 2.45) is 5.92 Å². The van der Waals surface area contributed by atoms with E-state index in [1.807, 2.05) is 0 Å². The Bertz CT molecular complexity index is 79.1. The topological polar surface area (TPSA) is 20.2 Å². The number of hydrogen-bond donors (Lipinski definition) is 1. The molecule has 1 nitrogen and oxygen atoms in total. The number of hydrogen-bond acceptors (Lipinski definition) is 1. The fourth-order valence-corrected chi connectivity index (χ4v) is 0.252. The summed E-state index contributed by atoms with van der Waals surface area (Å²) < 4.78 is 23.6. The maximum absolute atomic E-state index is 11.8. The summed E-state index contributed by atoms with van der Waals surface area (Å²) in [6.45, 7) is 4.26. The average Bonchev–Trinajstić information content (AvgIpc) is 1.65. The molecule has 1 N–H and O–H groups in total. The van der Waals surface area contributed by atoms with E-state index in [1.54, 1.807) is 13.8 Å². The van der Waals surface area contributed by atoms with Gasteiger partial charge in [-0.15, -0.1) is 0 Å². The van der Waals surface area contributed by atoms with Gasteiger partial charge in [0.15, 0.2) is 0 Å². The first-order valence-electron chi connectivity index (χ1n) is 2.89. The average molecular weight is 138 g/mol. The van der Waals surface area contributed by atoms with Crippen LogP contribution in [0.2, 0.25) is 0 Å². The lowest BCUT2D eigenvalue weighted by Crippen LogP contribution is -2.38. The highest BCUT2D eigenvalue weighted by molar-refractivity contribution is 4.78. The lowest BCUT2D eigenvalue weighted by atomic mass is 9.93. The molecule has 0 aliphatic rings. The molecule has 0 spiro atoms. The van der Waals surface area contributed by atoms with Crippen molar-refractivity contribution in [3.63, 3.8) is 0 Å². The largest absolute Gasteiger partial charge is 0.384 e. The standard InChI is InChI=1S/C6H12F2O/c1-4(2)6(3,9)5(7)8/h4-5,9H,1-3H3. The van der Waals surface area contributed by atoms with Crippen molar-refractivity contribution >= 4 is 0 Å². The molecule has 0 saturated carbocycles. The summed E-state index contributed by atoms with van der Waals surface area (Å²) in [5.41, 5.74) is -1.83. The van der Waals surface area contributed by atoms with Gasteiger partial charge < -0.3 is 5.11 Å². The highest BCUT2D eigenvalue weighted by atomic mass is 19.3. The summed E-state index contributed by atoms with van der Waals surface area (Å²) in [6, 6.07) is 0. The van der Waals surface area contributed by atoms with Gasteiger partial charge in [0.1, 0.15) is 5.60 Å². The maximum Gasteiger partial charge on any atom is 0.266 e. The maximum atomic E-state index is 11.8. The molecule has 9 heavy (non-hydrogen) atoms. The zero-order chi connectivity index (χ0) is 7.65. The van der Waals surface area contributed by atoms with Gasteiger partial charge in [0, 0.05) is 0 Å². The molecule has 0 saturated heterocycles. The predicted octanol–water partition coefficient (Wildman–Crippen LogP) is 1.66. The predicted molar refractivity (Wildman–Crippen MR) is 31.5 cm³/mol. The zero-order valence-electron chi connectivity index (χ0n) is 5.86. The SMILES string of the molecule is CC(C)C(C)(O)C(F)F. The van der Waals surface area contributed by atoms with Crippen molar-refractivity contribution in [1.29, 1.82) is 0 Å². The van der Waals surface area contributed by atoms with E-state index in [0.29, 0.717) is 0 Å². The molecule has 0 bridgehead atoms. The van der Waals surface area contributed by atoms with Crippen LogP contribution in [-0.2, 0) is 0 Å². The molecule has 3 heteroatoms. The second kappa shape index (κ2) is 2.60. The Morgan fingerprint density at radius 1 is 1.33 bits per heavy atom. The molecular weight excluding hydrogens is 126 g/mol. The van der Waals surface area contributed by atoms with Crippen LogP contribution in [0.25, 0.3) is 0 Å². The summed E-state index contributed by atoms with van der Waals surface area (Å²) in [5.74, 6) is -0.405. The fourth-order valence-electron chi connectivity index (χ4n) is 0.252. The molecule has 0 fully saturated rings. The molecule has 0 heterocycles. The van der Waals surface area contributed by atoms with E-state index in [-0.39, 0.29) is 0 Å². The van der Waals surface area contributed by atoms with Crippen LogP contribution in [0.15, 0.2) is 0 Å². The fraction of sp³-hybridized carbons (Fsp3) is 1.00. The lowest BCUT2D eigenvalue weighted by molar-refractivity contribution is -0.111. The van der Waals surface area contributed by atoms with Crippen LogP contribution in [0.3, 0.4) is 0 Å². The van der Waals surface area contributed by atoms with Crippen molar-refractivity contribution in [3.05, 3.63) is 0 Å². The minimum atomic E-state index is -2.66. The molecule has 0 aromatic carbocycles. The van der Waals surface area contributed by atoms with Crippen molar-refractivity contribution in [2.75, 3.05) is 0 Å². The van der Waals surface area contributed by atoms with E-state index in [2.05, 4.69) is 0 Å². The van der Waals surface area contributed by atoms with Crippen LogP contribution in [0, 0.1) is 5.92 Å². The molecule has 1 unspecified atom stereocenters. The number of aliphatic hydroxyl groups is 1. The number of rotatable bonds is 2. The van der Waals surface area contributed by atoms with Gasteiger partial charge in [-0.1, -0.05) is 13.8 Å². The van der Waals surface area contributed by atoms with Gasteiger partial charge in [0.2, 0.25) is 0 Å². The molecule has 0 rings (SSSR count). The highest BCUT2D eigenvalue weighted by Crippen LogP contribution is 2.23. The third-order valence-electron chi connectivity index (χ3n) is 1.61. The van der Waals surface area contributed by atoms with Crippen LogP contribution >= 0.6 is 0 Å². The Morgan fingerprint density at radius 3 is 1.67 bits per heavy atom. The van der Waals surface area contributed by atoms with Gasteiger partial charge in [-0.2, -0.15) is 0 Å². The summed E-state index contributed by atoms with van der Waals surface area (Å²) >= 11 is 0. The van der Waals surface area contributed by atoms with Crippen molar-refractivity contribution in [3.8, 4) is 0 Å². The molecule has 0 amide bonds. The van der Waals surface area contributed by atoms with Crippen LogP contribution < -0.4 is 0 Å². The van der Waals surface area contributed by atoms with E-state index >= 15 is 0 Å². The summed E-state index contributed by atoms with van der Waals surface area (Å²) in [4.78, 5) is 0. The molecule has 0 aromatic heterocycles. The van der Waals surface area contributed by atoms with Crippen LogP contribution in [0.1, 0.15) is 20.8 Å². The normalized spacial score (nSPS) is 18.7. The monoisotopic (exact) mass is 138 g/mol. The van der Waals surface area contributed by atoms with E-state index in [0.717, 1.165) is 6.92 Å². The zero-order valence-corrected chi connectivity index (χ0v) is 5.86. The Kier molecular flexibility index (Phi) is 2.55. The van der Waals surface area contributed by atoms with E-state index < -0.39 is 17.9 Å². The third kappa shape index (κ3) is 1.90. The van der Waals surface area contributed by atoms with Gasteiger partial charge in [-0.3, -0.25) is 0 Å². The summed E-state index contributed by atoms with van der Waals surface area (Å²) in [6.07, 6.45) is -2.66. The van der Waals surface area contributed by atoms with Gasteiger partial charge in [-0.25, -0.2) is 8.78 Å². The molecule has 0 radical (unpaired) electrons. The minimum absolute atomic E-state index is 0.405. The van der Waals surface area contributed by atoms with Gasteiger partial charge in [0.05, 0.1) is 0 Å². The first kappa shape index (κ1) is 8.82. The third-order valence-corrected chi connectivity index (χ3v) is 1.61. The second-order valence-corrected chi connectivity index (χ2v) is 2.68. The Balaban J connectivity index is 4.01. The number of halogens is 2.